The summed E-state index contributed by atoms with van der Waals surface area (Å²) < 4.78 is 5.77. The van der Waals surface area contributed by atoms with Gasteiger partial charge < -0.3 is 10.1 Å². The first-order valence-electron chi connectivity index (χ1n) is 6.34. The van der Waals surface area contributed by atoms with Crippen molar-refractivity contribution in [2.75, 3.05) is 26.2 Å². The predicted molar refractivity (Wildman–Crippen MR) is 62.1 cm³/mol. The molecule has 0 radical (unpaired) electrons. The van der Waals surface area contributed by atoms with Gasteiger partial charge >= 0.3 is 0 Å². The van der Waals surface area contributed by atoms with Crippen LogP contribution in [0.1, 0.15) is 33.1 Å². The van der Waals surface area contributed by atoms with Crippen LogP contribution in [0.3, 0.4) is 0 Å². The summed E-state index contributed by atoms with van der Waals surface area (Å²) in [6.45, 7) is 8.56. The van der Waals surface area contributed by atoms with Crippen molar-refractivity contribution in [3.05, 3.63) is 0 Å². The average Bonchev–Trinajstić information content (AvgIpc) is 2.13. The summed E-state index contributed by atoms with van der Waals surface area (Å²) in [6, 6.07) is 1.43. The van der Waals surface area contributed by atoms with E-state index in [0.29, 0.717) is 12.1 Å². The first kappa shape index (κ1) is 11.4. The van der Waals surface area contributed by atoms with Gasteiger partial charge in [0.1, 0.15) is 0 Å². The van der Waals surface area contributed by atoms with Gasteiger partial charge in [-0.05, 0) is 12.8 Å². The summed E-state index contributed by atoms with van der Waals surface area (Å²) in [5.74, 6) is 0. The molecule has 2 fully saturated rings. The topological polar surface area (TPSA) is 24.5 Å². The number of nitrogens with one attached hydrogen (secondary N) is 1. The van der Waals surface area contributed by atoms with Crippen LogP contribution in [0, 0.1) is 0 Å². The van der Waals surface area contributed by atoms with E-state index in [0.717, 1.165) is 32.3 Å². The number of nitrogens with zero attached hydrogens (tertiary/aromatic N) is 1. The number of morpholine rings is 1. The van der Waals surface area contributed by atoms with Gasteiger partial charge in [-0.2, -0.15) is 0 Å². The fraction of sp³-hybridized carbons (Fsp3) is 1.00. The molecule has 1 atom stereocenters. The van der Waals surface area contributed by atoms with Gasteiger partial charge in [0.25, 0.3) is 0 Å². The highest BCUT2D eigenvalue weighted by Gasteiger charge is 2.29. The molecule has 1 unspecified atom stereocenters. The quantitative estimate of drug-likeness (QED) is 0.759. The molecule has 1 aliphatic heterocycles. The Kier molecular flexibility index (Phi) is 4.00. The molecule has 0 spiro atoms. The van der Waals surface area contributed by atoms with Gasteiger partial charge in [-0.3, -0.25) is 4.90 Å². The summed E-state index contributed by atoms with van der Waals surface area (Å²) in [4.78, 5) is 2.62. The molecule has 2 rings (SSSR count). The molecular weight excluding hydrogens is 188 g/mol. The molecule has 2 aliphatic rings. The van der Waals surface area contributed by atoms with Crippen molar-refractivity contribution in [3.8, 4) is 0 Å². The Morgan fingerprint density at radius 1 is 1.40 bits per heavy atom. The SMILES string of the molecule is CC(C)NCC1CN(C2CCC2)CCO1. The van der Waals surface area contributed by atoms with Gasteiger partial charge in [0.05, 0.1) is 12.7 Å². The molecule has 1 heterocycles. The van der Waals surface area contributed by atoms with Crippen LogP contribution in [0.15, 0.2) is 0 Å². The maximum atomic E-state index is 5.77. The lowest BCUT2D eigenvalue weighted by Gasteiger charge is -2.42. The maximum absolute atomic E-state index is 5.77. The molecule has 0 bridgehead atoms. The number of ether oxygens (including phenoxy) is 1. The second kappa shape index (κ2) is 5.28. The van der Waals surface area contributed by atoms with E-state index in [9.17, 15) is 0 Å². The van der Waals surface area contributed by atoms with Crippen molar-refractivity contribution in [2.45, 2.75) is 51.3 Å². The predicted octanol–water partition coefficient (Wildman–Crippen LogP) is 1.24. The van der Waals surface area contributed by atoms with Gasteiger partial charge in [-0.25, -0.2) is 0 Å². The second-order valence-electron chi connectivity index (χ2n) is 5.14. The molecule has 1 saturated carbocycles. The van der Waals surface area contributed by atoms with Crippen LogP contribution in [0.4, 0.5) is 0 Å². The highest BCUT2D eigenvalue weighted by atomic mass is 16.5. The van der Waals surface area contributed by atoms with Crippen molar-refractivity contribution in [3.63, 3.8) is 0 Å². The first-order valence-corrected chi connectivity index (χ1v) is 6.34. The normalized spacial score (nSPS) is 29.4. The standard InChI is InChI=1S/C12H24N2O/c1-10(2)13-8-12-9-14(6-7-15-12)11-4-3-5-11/h10-13H,3-9H2,1-2H3. The molecule has 1 aliphatic carbocycles. The highest BCUT2D eigenvalue weighted by Crippen LogP contribution is 2.26. The van der Waals surface area contributed by atoms with Crippen molar-refractivity contribution >= 4 is 0 Å². The molecule has 88 valence electrons. The van der Waals surface area contributed by atoms with Crippen LogP contribution >= 0.6 is 0 Å². The van der Waals surface area contributed by atoms with E-state index in [2.05, 4.69) is 24.1 Å². The van der Waals surface area contributed by atoms with Gasteiger partial charge in [-0.1, -0.05) is 20.3 Å². The minimum Gasteiger partial charge on any atom is -0.374 e. The third-order valence-electron chi connectivity index (χ3n) is 3.52. The Bertz CT molecular complexity index is 192. The fourth-order valence-corrected chi connectivity index (χ4v) is 2.32. The molecule has 3 heteroatoms. The Balaban J connectivity index is 1.71. The lowest BCUT2D eigenvalue weighted by Crippen LogP contribution is -2.52. The van der Waals surface area contributed by atoms with Crippen molar-refractivity contribution in [1.29, 1.82) is 0 Å². The summed E-state index contributed by atoms with van der Waals surface area (Å²) in [5.41, 5.74) is 0. The number of hydrogen-bond donors (Lipinski definition) is 1. The van der Waals surface area contributed by atoms with Crippen molar-refractivity contribution < 1.29 is 4.74 Å². The maximum Gasteiger partial charge on any atom is 0.0826 e. The van der Waals surface area contributed by atoms with E-state index in [1.54, 1.807) is 0 Å². The molecule has 0 amide bonds. The van der Waals surface area contributed by atoms with Gasteiger partial charge in [0.15, 0.2) is 0 Å². The van der Waals surface area contributed by atoms with E-state index < -0.39 is 0 Å². The van der Waals surface area contributed by atoms with Gasteiger partial charge in [0, 0.05) is 31.7 Å². The molecule has 1 saturated heterocycles. The van der Waals surface area contributed by atoms with Gasteiger partial charge in [-0.15, -0.1) is 0 Å². The Labute approximate surface area is 93.2 Å². The summed E-state index contributed by atoms with van der Waals surface area (Å²) in [6.07, 6.45) is 4.65. The zero-order valence-electron chi connectivity index (χ0n) is 10.0. The third-order valence-corrected chi connectivity index (χ3v) is 3.52. The molecule has 0 aromatic heterocycles. The Morgan fingerprint density at radius 2 is 2.20 bits per heavy atom. The third kappa shape index (κ3) is 3.16. The zero-order chi connectivity index (χ0) is 10.7. The lowest BCUT2D eigenvalue weighted by molar-refractivity contribution is -0.0540. The monoisotopic (exact) mass is 212 g/mol. The molecular formula is C12H24N2O. The zero-order valence-corrected chi connectivity index (χ0v) is 10.0. The molecule has 0 aromatic carbocycles. The van der Waals surface area contributed by atoms with E-state index in [1.807, 2.05) is 0 Å². The van der Waals surface area contributed by atoms with Crippen LogP contribution in [-0.4, -0.2) is 49.3 Å². The lowest BCUT2D eigenvalue weighted by atomic mass is 9.91. The molecule has 0 aromatic rings. The highest BCUT2D eigenvalue weighted by molar-refractivity contribution is 4.84. The summed E-state index contributed by atoms with van der Waals surface area (Å²) in [7, 11) is 0. The van der Waals surface area contributed by atoms with Crippen LogP contribution in [-0.2, 0) is 4.74 Å². The van der Waals surface area contributed by atoms with Crippen molar-refractivity contribution in [2.24, 2.45) is 0 Å². The number of hydrogen-bond acceptors (Lipinski definition) is 3. The molecule has 3 nitrogen and oxygen atoms in total. The van der Waals surface area contributed by atoms with Crippen LogP contribution in [0.2, 0.25) is 0 Å². The van der Waals surface area contributed by atoms with E-state index in [-0.39, 0.29) is 0 Å². The minimum atomic E-state index is 0.404. The Morgan fingerprint density at radius 3 is 2.80 bits per heavy atom. The fourth-order valence-electron chi connectivity index (χ4n) is 2.32. The second-order valence-corrected chi connectivity index (χ2v) is 5.14. The Hall–Kier alpha value is -0.120. The van der Waals surface area contributed by atoms with E-state index >= 15 is 0 Å². The summed E-state index contributed by atoms with van der Waals surface area (Å²) >= 11 is 0. The van der Waals surface area contributed by atoms with Crippen LogP contribution in [0.25, 0.3) is 0 Å². The van der Waals surface area contributed by atoms with Crippen molar-refractivity contribution in [1.82, 2.24) is 10.2 Å². The smallest absolute Gasteiger partial charge is 0.0826 e. The first-order chi connectivity index (χ1) is 7.25. The minimum absolute atomic E-state index is 0.404. The summed E-state index contributed by atoms with van der Waals surface area (Å²) in [5, 5.41) is 3.46. The van der Waals surface area contributed by atoms with E-state index in [1.165, 1.54) is 19.3 Å². The van der Waals surface area contributed by atoms with Gasteiger partial charge in [0.2, 0.25) is 0 Å². The largest absolute Gasteiger partial charge is 0.374 e. The molecule has 15 heavy (non-hydrogen) atoms. The van der Waals surface area contributed by atoms with E-state index in [4.69, 9.17) is 4.74 Å². The average molecular weight is 212 g/mol. The van der Waals surface area contributed by atoms with Crippen LogP contribution < -0.4 is 5.32 Å². The number of rotatable bonds is 4. The molecule has 1 N–H and O–H groups in total. The van der Waals surface area contributed by atoms with Crippen LogP contribution in [0.5, 0.6) is 0 Å².